The van der Waals surface area contributed by atoms with Crippen LogP contribution in [0.1, 0.15) is 16.7 Å². The summed E-state index contributed by atoms with van der Waals surface area (Å²) in [5, 5.41) is 6.43. The fourth-order valence-electron chi connectivity index (χ4n) is 5.99. The Balaban J connectivity index is 1.48. The maximum Gasteiger partial charge on any atom is 0.294 e. The molecule has 0 unspecified atom stereocenters. The summed E-state index contributed by atoms with van der Waals surface area (Å²) in [6.07, 6.45) is 0.486. The second-order valence-electron chi connectivity index (χ2n) is 10.9. The van der Waals surface area contributed by atoms with Crippen LogP contribution in [0.3, 0.4) is 0 Å². The van der Waals surface area contributed by atoms with Gasteiger partial charge in [-0.3, -0.25) is 4.55 Å². The van der Waals surface area contributed by atoms with Gasteiger partial charge in [-0.1, -0.05) is 140 Å². The van der Waals surface area contributed by atoms with Gasteiger partial charge in [-0.25, -0.2) is 0 Å². The van der Waals surface area contributed by atoms with Crippen LogP contribution in [0.4, 0.5) is 0 Å². The van der Waals surface area contributed by atoms with Crippen molar-refractivity contribution in [2.45, 2.75) is 18.2 Å². The molecule has 7 rings (SSSR count). The monoisotopic (exact) mass is 644 g/mol. The minimum absolute atomic E-state index is 0.0744. The van der Waals surface area contributed by atoms with Crippen molar-refractivity contribution in [1.82, 2.24) is 0 Å². The Hall–Kier alpha value is -4.11. The second-order valence-corrected chi connectivity index (χ2v) is 16.6. The Morgan fingerprint density at radius 3 is 1.47 bits per heavy atom. The maximum absolute atomic E-state index is 12.8. The first-order valence-corrected chi connectivity index (χ1v) is 18.8. The van der Waals surface area contributed by atoms with Gasteiger partial charge < -0.3 is 4.74 Å². The Bertz CT molecular complexity index is 2010. The number of hydrogen-bond donors (Lipinski definition) is 1. The summed E-state index contributed by atoms with van der Waals surface area (Å²) in [6.45, 7) is 1.76. The molecule has 0 radical (unpaired) electrons. The molecule has 1 aliphatic rings. The van der Waals surface area contributed by atoms with E-state index in [2.05, 4.69) is 91.0 Å². The molecule has 0 fully saturated rings. The largest absolute Gasteiger partial charge is 0.455 e. The zero-order chi connectivity index (χ0) is 31.0. The lowest BCUT2D eigenvalue weighted by Crippen LogP contribution is -2.28. The van der Waals surface area contributed by atoms with Crippen molar-refractivity contribution < 1.29 is 17.7 Å². The van der Waals surface area contributed by atoms with E-state index in [1.54, 1.807) is 13.0 Å². The van der Waals surface area contributed by atoms with Crippen LogP contribution >= 0.6 is 15.8 Å². The second kappa shape index (κ2) is 12.4. The van der Waals surface area contributed by atoms with E-state index >= 15 is 0 Å². The van der Waals surface area contributed by atoms with Crippen molar-refractivity contribution >= 4 is 57.8 Å². The predicted octanol–water partition coefficient (Wildman–Crippen LogP) is 6.45. The van der Waals surface area contributed by atoms with Crippen LogP contribution in [-0.4, -0.2) is 13.0 Å². The molecule has 0 saturated heterocycles. The van der Waals surface area contributed by atoms with Crippen molar-refractivity contribution in [3.05, 3.63) is 162 Å². The number of para-hydroxylation sites is 1. The molecule has 1 heterocycles. The van der Waals surface area contributed by atoms with Crippen molar-refractivity contribution in [3.63, 3.8) is 0 Å². The van der Waals surface area contributed by atoms with Gasteiger partial charge >= 0.3 is 0 Å². The molecule has 0 aliphatic carbocycles. The maximum atomic E-state index is 12.8. The van der Waals surface area contributed by atoms with E-state index in [0.717, 1.165) is 38.1 Å². The van der Waals surface area contributed by atoms with Crippen LogP contribution in [0.25, 0.3) is 0 Å². The molecule has 0 bridgehead atoms. The minimum atomic E-state index is -4.50. The van der Waals surface area contributed by atoms with Gasteiger partial charge in [0, 0.05) is 22.6 Å². The smallest absolute Gasteiger partial charge is 0.294 e. The van der Waals surface area contributed by atoms with Crippen LogP contribution in [-0.2, 0) is 16.5 Å². The molecule has 7 heteroatoms. The zero-order valence-electron chi connectivity index (χ0n) is 24.5. The molecular formula is C38H30O4P2S. The Kier molecular flexibility index (Phi) is 8.12. The zero-order valence-corrected chi connectivity index (χ0v) is 27.1. The molecule has 6 aromatic carbocycles. The quantitative estimate of drug-likeness (QED) is 0.160. The van der Waals surface area contributed by atoms with E-state index < -0.39 is 26.0 Å². The number of ether oxygens (including phenoxy) is 1. The third-order valence-electron chi connectivity index (χ3n) is 8.06. The van der Waals surface area contributed by atoms with Gasteiger partial charge in [-0.2, -0.15) is 8.42 Å². The fraction of sp³-hybridized carbons (Fsp3) is 0.0526. The molecule has 1 N–H and O–H groups in total. The third kappa shape index (κ3) is 5.74. The highest BCUT2D eigenvalue weighted by atomic mass is 32.2. The molecule has 0 saturated carbocycles. The number of fused-ring (bicyclic) bond motifs is 2. The molecular weight excluding hydrogens is 614 g/mol. The molecule has 4 nitrogen and oxygen atoms in total. The summed E-state index contributed by atoms with van der Waals surface area (Å²) in [7, 11) is -6.68. The average molecular weight is 645 g/mol. The fourth-order valence-corrected chi connectivity index (χ4v) is 11.7. The predicted molar refractivity (Wildman–Crippen MR) is 188 cm³/mol. The van der Waals surface area contributed by atoms with Crippen molar-refractivity contribution in [1.29, 1.82) is 0 Å². The lowest BCUT2D eigenvalue weighted by atomic mass is 9.96. The first kappa shape index (κ1) is 29.6. The van der Waals surface area contributed by atoms with Crippen LogP contribution < -0.4 is 36.6 Å². The van der Waals surface area contributed by atoms with Gasteiger partial charge in [0.15, 0.2) is 0 Å². The van der Waals surface area contributed by atoms with E-state index in [0.29, 0.717) is 17.7 Å². The summed E-state index contributed by atoms with van der Waals surface area (Å²) in [6, 6.07) is 49.2. The standard InChI is InChI=1S/C38H30O4P2S/c1-27-33-25-28-15-14-24-34(43(29-16-6-2-7-17-29)30-18-8-3-9-19-30)37(28)42-38(33)35(26-36(27)45(39,40)41)44(31-20-10-4-11-21-31)32-22-12-5-13-23-32/h2-24,26H,25H2,1H3,(H,39,40,41). The number of benzene rings is 6. The average Bonchev–Trinajstić information content (AvgIpc) is 3.07. The van der Waals surface area contributed by atoms with Crippen molar-refractivity contribution in [3.8, 4) is 11.5 Å². The van der Waals surface area contributed by atoms with Crippen LogP contribution in [0.15, 0.2) is 150 Å². The van der Waals surface area contributed by atoms with Gasteiger partial charge in [0.2, 0.25) is 0 Å². The Morgan fingerprint density at radius 2 is 1.02 bits per heavy atom. The highest BCUT2D eigenvalue weighted by Crippen LogP contribution is 2.48. The number of hydrogen-bond acceptors (Lipinski definition) is 3. The molecule has 6 aromatic rings. The van der Waals surface area contributed by atoms with Crippen molar-refractivity contribution in [2.75, 3.05) is 0 Å². The van der Waals surface area contributed by atoms with E-state index in [1.165, 1.54) is 10.6 Å². The molecule has 1 aliphatic heterocycles. The van der Waals surface area contributed by atoms with Crippen LogP contribution in [0.5, 0.6) is 11.5 Å². The Labute approximate surface area is 266 Å². The summed E-state index contributed by atoms with van der Waals surface area (Å²) < 4.78 is 43.1. The molecule has 0 amide bonds. The third-order valence-corrected chi connectivity index (χ3v) is 13.9. The molecule has 0 aromatic heterocycles. The van der Waals surface area contributed by atoms with Gasteiger partial charge in [0.05, 0.1) is 4.90 Å². The van der Waals surface area contributed by atoms with Crippen LogP contribution in [0, 0.1) is 6.92 Å². The Morgan fingerprint density at radius 1 is 0.578 bits per heavy atom. The van der Waals surface area contributed by atoms with E-state index in [-0.39, 0.29) is 4.90 Å². The molecule has 45 heavy (non-hydrogen) atoms. The lowest BCUT2D eigenvalue weighted by Gasteiger charge is -2.31. The molecule has 0 atom stereocenters. The first-order chi connectivity index (χ1) is 21.9. The molecule has 222 valence electrons. The van der Waals surface area contributed by atoms with Crippen molar-refractivity contribution in [2.24, 2.45) is 0 Å². The van der Waals surface area contributed by atoms with E-state index in [1.807, 2.05) is 48.5 Å². The summed E-state index contributed by atoms with van der Waals surface area (Å²) in [5.41, 5.74) is 2.29. The number of rotatable bonds is 7. The van der Waals surface area contributed by atoms with Gasteiger partial charge in [-0.05, 0) is 61.2 Å². The van der Waals surface area contributed by atoms with Crippen LogP contribution in [0.2, 0.25) is 0 Å². The molecule has 0 spiro atoms. The van der Waals surface area contributed by atoms with Gasteiger partial charge in [-0.15, -0.1) is 0 Å². The van der Waals surface area contributed by atoms with Gasteiger partial charge in [0.25, 0.3) is 10.1 Å². The summed E-state index contributed by atoms with van der Waals surface area (Å²) >= 11 is 0. The summed E-state index contributed by atoms with van der Waals surface area (Å²) in [5.74, 6) is 1.50. The lowest BCUT2D eigenvalue weighted by molar-refractivity contribution is 0.464. The van der Waals surface area contributed by atoms with E-state index in [4.69, 9.17) is 4.74 Å². The van der Waals surface area contributed by atoms with E-state index in [9.17, 15) is 13.0 Å². The summed E-state index contributed by atoms with van der Waals surface area (Å²) in [4.78, 5) is -0.0744. The first-order valence-electron chi connectivity index (χ1n) is 14.6. The SMILES string of the molecule is Cc1c(S(=O)(=O)O)cc(P(c2ccccc2)c2ccccc2)c2c1Cc1cccc(P(c3ccccc3)c3ccccc3)c1O2. The topological polar surface area (TPSA) is 63.6 Å². The minimum Gasteiger partial charge on any atom is -0.455 e. The highest BCUT2D eigenvalue weighted by Gasteiger charge is 2.33. The normalized spacial score (nSPS) is 12.4. The highest BCUT2D eigenvalue weighted by molar-refractivity contribution is 7.86. The van der Waals surface area contributed by atoms with Gasteiger partial charge in [0.1, 0.15) is 11.5 Å².